The fraction of sp³-hybridized carbons (Fsp3) is 0.400. The number of nitrogens with zero attached hydrogens (tertiary/aromatic N) is 7. The normalized spacial score (nSPS) is 22.5. The number of pyridine rings is 1. The second kappa shape index (κ2) is 7.75. The van der Waals surface area contributed by atoms with Crippen molar-refractivity contribution in [3.05, 3.63) is 52.8 Å². The van der Waals surface area contributed by atoms with Gasteiger partial charge >= 0.3 is 6.01 Å². The Kier molecular flexibility index (Phi) is 4.93. The number of rotatable bonds is 5. The van der Waals surface area contributed by atoms with Crippen molar-refractivity contribution in [3.8, 4) is 11.7 Å². The van der Waals surface area contributed by atoms with Crippen LogP contribution in [-0.2, 0) is 0 Å². The largest absolute Gasteiger partial charge is 0.463 e. The Balaban J connectivity index is 1.36. The molecule has 1 amide bonds. The van der Waals surface area contributed by atoms with Gasteiger partial charge in [0.1, 0.15) is 5.69 Å². The molecule has 0 N–H and O–H groups in total. The van der Waals surface area contributed by atoms with Gasteiger partial charge in [-0.1, -0.05) is 0 Å². The maximum absolute atomic E-state index is 13.6. The van der Waals surface area contributed by atoms with Crippen molar-refractivity contribution in [2.45, 2.75) is 38.3 Å². The molecule has 0 spiro atoms. The molecule has 3 aromatic rings. The molecule has 2 bridgehead atoms. The molecule has 0 aromatic carbocycles. The van der Waals surface area contributed by atoms with Crippen LogP contribution in [-0.4, -0.2) is 59.4 Å². The van der Waals surface area contributed by atoms with Gasteiger partial charge in [-0.05, 0) is 54.2 Å². The van der Waals surface area contributed by atoms with E-state index in [1.54, 1.807) is 24.8 Å². The van der Waals surface area contributed by atoms with Gasteiger partial charge in [0.15, 0.2) is 5.69 Å². The number of ether oxygens (including phenoxy) is 1. The summed E-state index contributed by atoms with van der Waals surface area (Å²) in [5.41, 5.74) is 1.77. The van der Waals surface area contributed by atoms with Gasteiger partial charge in [-0.25, -0.2) is 15.0 Å². The zero-order chi connectivity index (χ0) is 20.7. The molecule has 30 heavy (non-hydrogen) atoms. The first-order valence-electron chi connectivity index (χ1n) is 9.87. The topological polar surface area (TPSA) is 98.9 Å². The van der Waals surface area contributed by atoms with E-state index in [1.165, 1.54) is 4.80 Å². The highest BCUT2D eigenvalue weighted by Gasteiger charge is 2.49. The first-order valence-corrected chi connectivity index (χ1v) is 10.7. The Morgan fingerprint density at radius 3 is 2.73 bits per heavy atom. The molecule has 0 radical (unpaired) electrons. The number of hydrogen-bond donors (Lipinski definition) is 0. The summed E-state index contributed by atoms with van der Waals surface area (Å²) in [6, 6.07) is 4.38. The standard InChI is InChI=1S/C20H20BrN7O2/c1-12-2-4-17(28-24-6-7-25-28)18(26-12)19(29)27-15-3-5-16(27)13(8-15)11-30-20-22-9-14(21)10-23-20/h2,4,6-7,9-10,13,15-16H,3,5,8,11H2,1H3. The van der Waals surface area contributed by atoms with E-state index >= 15 is 0 Å². The highest BCUT2D eigenvalue weighted by atomic mass is 79.9. The van der Waals surface area contributed by atoms with Gasteiger partial charge < -0.3 is 9.64 Å². The van der Waals surface area contributed by atoms with Gasteiger partial charge in [-0.3, -0.25) is 4.79 Å². The summed E-state index contributed by atoms with van der Waals surface area (Å²) >= 11 is 3.32. The number of fused-ring (bicyclic) bond motifs is 2. The third-order valence-electron chi connectivity index (χ3n) is 5.77. The second-order valence-electron chi connectivity index (χ2n) is 7.64. The number of carbonyl (C=O) groups excluding carboxylic acids is 1. The molecule has 2 aliphatic rings. The zero-order valence-corrected chi connectivity index (χ0v) is 17.9. The van der Waals surface area contributed by atoms with Crippen LogP contribution in [0.25, 0.3) is 5.69 Å². The molecule has 154 valence electrons. The van der Waals surface area contributed by atoms with Crippen LogP contribution in [0.15, 0.2) is 41.4 Å². The first kappa shape index (κ1) is 19.1. The summed E-state index contributed by atoms with van der Waals surface area (Å²) in [6.45, 7) is 2.37. The van der Waals surface area contributed by atoms with Gasteiger partial charge in [-0.2, -0.15) is 10.2 Å². The monoisotopic (exact) mass is 469 g/mol. The molecule has 3 unspecified atom stereocenters. The number of halogens is 1. The van der Waals surface area contributed by atoms with Crippen molar-refractivity contribution in [2.24, 2.45) is 5.92 Å². The molecule has 9 nitrogen and oxygen atoms in total. The van der Waals surface area contributed by atoms with Crippen LogP contribution in [0.1, 0.15) is 35.4 Å². The average Bonchev–Trinajstić information content (AvgIpc) is 3.49. The molecule has 5 rings (SSSR count). The lowest BCUT2D eigenvalue weighted by atomic mass is 9.90. The lowest BCUT2D eigenvalue weighted by Crippen LogP contribution is -2.38. The first-order chi connectivity index (χ1) is 14.6. The number of hydrogen-bond acceptors (Lipinski definition) is 7. The summed E-state index contributed by atoms with van der Waals surface area (Å²) < 4.78 is 6.62. The third-order valence-corrected chi connectivity index (χ3v) is 6.18. The van der Waals surface area contributed by atoms with Crippen LogP contribution in [0, 0.1) is 12.8 Å². The molecule has 5 heterocycles. The van der Waals surface area contributed by atoms with Crippen molar-refractivity contribution in [2.75, 3.05) is 6.61 Å². The Hall–Kier alpha value is -2.88. The molecule has 10 heteroatoms. The second-order valence-corrected chi connectivity index (χ2v) is 8.56. The molecule has 2 aliphatic heterocycles. The van der Waals surface area contributed by atoms with Crippen LogP contribution in [0.5, 0.6) is 6.01 Å². The van der Waals surface area contributed by atoms with Crippen LogP contribution >= 0.6 is 15.9 Å². The van der Waals surface area contributed by atoms with E-state index in [4.69, 9.17) is 4.74 Å². The summed E-state index contributed by atoms with van der Waals surface area (Å²) in [5.74, 6) is 0.178. The van der Waals surface area contributed by atoms with Crippen molar-refractivity contribution in [1.82, 2.24) is 34.8 Å². The molecule has 2 saturated heterocycles. The third kappa shape index (κ3) is 3.45. The van der Waals surface area contributed by atoms with Gasteiger partial charge in [0.05, 0.1) is 23.5 Å². The predicted octanol–water partition coefficient (Wildman–Crippen LogP) is 2.60. The average molecular weight is 470 g/mol. The molecule has 0 aliphatic carbocycles. The predicted molar refractivity (Wildman–Crippen MR) is 110 cm³/mol. The molecule has 3 atom stereocenters. The lowest BCUT2D eigenvalue weighted by Gasteiger charge is -2.25. The van der Waals surface area contributed by atoms with E-state index in [0.717, 1.165) is 29.4 Å². The number of aryl methyl sites for hydroxylation is 1. The molecular weight excluding hydrogens is 450 g/mol. The molecule has 2 fully saturated rings. The fourth-order valence-corrected chi connectivity index (χ4v) is 4.70. The van der Waals surface area contributed by atoms with E-state index in [1.807, 2.05) is 24.0 Å². The van der Waals surface area contributed by atoms with Crippen molar-refractivity contribution in [1.29, 1.82) is 0 Å². The van der Waals surface area contributed by atoms with Crippen molar-refractivity contribution in [3.63, 3.8) is 0 Å². The number of aromatic nitrogens is 6. The molecular formula is C20H20BrN7O2. The minimum Gasteiger partial charge on any atom is -0.463 e. The van der Waals surface area contributed by atoms with E-state index < -0.39 is 0 Å². The molecule has 0 saturated carbocycles. The Labute approximate surface area is 181 Å². The van der Waals surface area contributed by atoms with Gasteiger partial charge in [-0.15, -0.1) is 4.80 Å². The maximum Gasteiger partial charge on any atom is 0.316 e. The minimum absolute atomic E-state index is 0.0686. The summed E-state index contributed by atoms with van der Waals surface area (Å²) in [4.78, 5) is 29.9. The van der Waals surface area contributed by atoms with E-state index in [9.17, 15) is 4.79 Å². The van der Waals surface area contributed by atoms with Crippen LogP contribution in [0.3, 0.4) is 0 Å². The van der Waals surface area contributed by atoms with Gasteiger partial charge in [0, 0.05) is 36.1 Å². The van der Waals surface area contributed by atoms with E-state index in [2.05, 4.69) is 41.1 Å². The Bertz CT molecular complexity index is 1060. The number of amides is 1. The van der Waals surface area contributed by atoms with E-state index in [0.29, 0.717) is 24.0 Å². The smallest absolute Gasteiger partial charge is 0.316 e. The SMILES string of the molecule is Cc1ccc(-n2nccn2)c(C(=O)N2C3CCC2C(COc2ncc(Br)cn2)C3)n1. The number of carbonyl (C=O) groups is 1. The molecule has 3 aromatic heterocycles. The Morgan fingerprint density at radius 1 is 1.20 bits per heavy atom. The van der Waals surface area contributed by atoms with Crippen molar-refractivity contribution < 1.29 is 9.53 Å². The quantitative estimate of drug-likeness (QED) is 0.565. The summed E-state index contributed by atoms with van der Waals surface area (Å²) in [6.07, 6.45) is 9.38. The zero-order valence-electron chi connectivity index (χ0n) is 16.3. The summed E-state index contributed by atoms with van der Waals surface area (Å²) in [7, 11) is 0. The highest BCUT2D eigenvalue weighted by molar-refractivity contribution is 9.10. The fourth-order valence-electron chi connectivity index (χ4n) is 4.50. The maximum atomic E-state index is 13.6. The lowest BCUT2D eigenvalue weighted by molar-refractivity contribution is 0.0702. The highest BCUT2D eigenvalue weighted by Crippen LogP contribution is 2.42. The van der Waals surface area contributed by atoms with Gasteiger partial charge in [0.25, 0.3) is 5.91 Å². The Morgan fingerprint density at radius 2 is 1.97 bits per heavy atom. The van der Waals surface area contributed by atoms with Crippen LogP contribution in [0.4, 0.5) is 0 Å². The van der Waals surface area contributed by atoms with Gasteiger partial charge in [0.2, 0.25) is 0 Å². The van der Waals surface area contributed by atoms with Crippen LogP contribution in [0.2, 0.25) is 0 Å². The van der Waals surface area contributed by atoms with E-state index in [-0.39, 0.29) is 23.9 Å². The summed E-state index contributed by atoms with van der Waals surface area (Å²) in [5, 5.41) is 8.36. The van der Waals surface area contributed by atoms with Crippen molar-refractivity contribution >= 4 is 21.8 Å². The van der Waals surface area contributed by atoms with Crippen LogP contribution < -0.4 is 4.74 Å². The minimum atomic E-state index is -0.0686.